The van der Waals surface area contributed by atoms with Crippen LogP contribution in [0.5, 0.6) is 0 Å². The molecular formula is C19H24N2O3. The van der Waals surface area contributed by atoms with Gasteiger partial charge in [-0.1, -0.05) is 24.3 Å². The van der Waals surface area contributed by atoms with Crippen LogP contribution in [0.4, 0.5) is 0 Å². The molecule has 0 radical (unpaired) electrons. The Balaban J connectivity index is 2.05. The zero-order valence-corrected chi connectivity index (χ0v) is 14.7. The normalized spacial score (nSPS) is 10.5. The van der Waals surface area contributed by atoms with Gasteiger partial charge in [0.2, 0.25) is 0 Å². The third kappa shape index (κ3) is 3.85. The molecule has 0 saturated heterocycles. The summed E-state index contributed by atoms with van der Waals surface area (Å²) in [5.74, 6) is -0.609. The van der Waals surface area contributed by atoms with Crippen LogP contribution in [-0.4, -0.2) is 30.0 Å². The molecule has 2 N–H and O–H groups in total. The minimum absolute atomic E-state index is 0.176. The van der Waals surface area contributed by atoms with E-state index in [-0.39, 0.29) is 5.91 Å². The Hall–Kier alpha value is -2.56. The average Bonchev–Trinajstić information content (AvgIpc) is 2.84. The first-order valence-electron chi connectivity index (χ1n) is 8.14. The number of rotatable bonds is 6. The number of ether oxygens (including phenoxy) is 1. The summed E-state index contributed by atoms with van der Waals surface area (Å²) >= 11 is 0. The van der Waals surface area contributed by atoms with Gasteiger partial charge in [0.15, 0.2) is 0 Å². The fourth-order valence-electron chi connectivity index (χ4n) is 2.79. The van der Waals surface area contributed by atoms with E-state index in [4.69, 9.17) is 4.74 Å². The topological polar surface area (TPSA) is 71.2 Å². The van der Waals surface area contributed by atoms with Crippen LogP contribution in [0.1, 0.15) is 50.2 Å². The smallest absolute Gasteiger partial charge is 0.355 e. The second-order valence-electron chi connectivity index (χ2n) is 5.78. The molecule has 2 aromatic rings. The Labute approximate surface area is 142 Å². The van der Waals surface area contributed by atoms with E-state index in [1.54, 1.807) is 20.8 Å². The number of H-pyrrole nitrogens is 1. The summed E-state index contributed by atoms with van der Waals surface area (Å²) in [6.45, 7) is 8.19. The molecule has 1 amide bonds. The maximum absolute atomic E-state index is 12.5. The molecule has 1 aromatic heterocycles. The van der Waals surface area contributed by atoms with E-state index in [1.807, 2.05) is 12.1 Å². The van der Waals surface area contributed by atoms with Crippen molar-refractivity contribution in [3.05, 3.63) is 57.9 Å². The van der Waals surface area contributed by atoms with Gasteiger partial charge in [-0.15, -0.1) is 0 Å². The van der Waals surface area contributed by atoms with Crippen molar-refractivity contribution in [1.29, 1.82) is 0 Å². The molecule has 5 heteroatoms. The van der Waals surface area contributed by atoms with Crippen molar-refractivity contribution in [2.24, 2.45) is 0 Å². The van der Waals surface area contributed by atoms with Crippen LogP contribution in [-0.2, 0) is 11.2 Å². The third-order valence-corrected chi connectivity index (χ3v) is 4.09. The lowest BCUT2D eigenvalue weighted by Gasteiger charge is -2.08. The molecule has 0 spiro atoms. The van der Waals surface area contributed by atoms with Crippen molar-refractivity contribution in [3.63, 3.8) is 0 Å². The van der Waals surface area contributed by atoms with Crippen LogP contribution in [0.3, 0.4) is 0 Å². The molecule has 24 heavy (non-hydrogen) atoms. The molecule has 0 unspecified atom stereocenters. The Bertz CT molecular complexity index is 747. The molecule has 5 nitrogen and oxygen atoms in total. The van der Waals surface area contributed by atoms with Crippen molar-refractivity contribution in [2.75, 3.05) is 13.2 Å². The van der Waals surface area contributed by atoms with Crippen molar-refractivity contribution in [1.82, 2.24) is 10.3 Å². The maximum Gasteiger partial charge on any atom is 0.355 e. The highest BCUT2D eigenvalue weighted by Gasteiger charge is 2.22. The number of benzene rings is 1. The number of hydrogen-bond acceptors (Lipinski definition) is 3. The van der Waals surface area contributed by atoms with Crippen molar-refractivity contribution < 1.29 is 14.3 Å². The lowest BCUT2D eigenvalue weighted by molar-refractivity contribution is 0.0519. The lowest BCUT2D eigenvalue weighted by atomic mass is 10.1. The number of hydrogen-bond donors (Lipinski definition) is 2. The first-order chi connectivity index (χ1) is 11.5. The molecular weight excluding hydrogens is 304 g/mol. The summed E-state index contributed by atoms with van der Waals surface area (Å²) in [6, 6.07) is 8.12. The molecule has 0 bridgehead atoms. The van der Waals surface area contributed by atoms with E-state index in [1.165, 1.54) is 11.1 Å². The number of aryl methyl sites for hydroxylation is 2. The Morgan fingerprint density at radius 3 is 2.54 bits per heavy atom. The highest BCUT2D eigenvalue weighted by atomic mass is 16.5. The van der Waals surface area contributed by atoms with E-state index in [0.29, 0.717) is 35.7 Å². The van der Waals surface area contributed by atoms with Gasteiger partial charge in [0.25, 0.3) is 5.91 Å². The highest BCUT2D eigenvalue weighted by molar-refractivity contribution is 6.01. The molecule has 1 heterocycles. The van der Waals surface area contributed by atoms with Gasteiger partial charge in [0.05, 0.1) is 12.2 Å². The Morgan fingerprint density at radius 2 is 1.88 bits per heavy atom. The monoisotopic (exact) mass is 328 g/mol. The number of aromatic nitrogens is 1. The molecule has 1 aromatic carbocycles. The van der Waals surface area contributed by atoms with Gasteiger partial charge in [-0.25, -0.2) is 4.79 Å². The zero-order valence-electron chi connectivity index (χ0n) is 14.7. The van der Waals surface area contributed by atoms with Crippen molar-refractivity contribution in [2.45, 2.75) is 34.1 Å². The number of amides is 1. The predicted octanol–water partition coefficient (Wildman–Crippen LogP) is 3.09. The second-order valence-corrected chi connectivity index (χ2v) is 5.78. The standard InChI is InChI=1S/C19H24N2O3/c1-5-24-19(23)17-13(3)16(14(4)21-17)18(22)20-11-10-15-9-7-6-8-12(15)2/h6-9,21H,5,10-11H2,1-4H3,(H,20,22). The van der Waals surface area contributed by atoms with Gasteiger partial charge in [0, 0.05) is 12.2 Å². The molecule has 128 valence electrons. The summed E-state index contributed by atoms with van der Waals surface area (Å²) < 4.78 is 5.01. The van der Waals surface area contributed by atoms with E-state index in [0.717, 1.165) is 6.42 Å². The van der Waals surface area contributed by atoms with Crippen LogP contribution in [0, 0.1) is 20.8 Å². The predicted molar refractivity (Wildman–Crippen MR) is 93.4 cm³/mol. The number of nitrogens with one attached hydrogen (secondary N) is 2. The molecule has 2 rings (SSSR count). The summed E-state index contributed by atoms with van der Waals surface area (Å²) in [7, 11) is 0. The van der Waals surface area contributed by atoms with Crippen LogP contribution in [0.15, 0.2) is 24.3 Å². The van der Waals surface area contributed by atoms with Crippen LogP contribution in [0.25, 0.3) is 0 Å². The molecule has 0 fully saturated rings. The second kappa shape index (κ2) is 7.81. The van der Waals surface area contributed by atoms with Crippen LogP contribution < -0.4 is 5.32 Å². The third-order valence-electron chi connectivity index (χ3n) is 4.09. The molecule has 0 atom stereocenters. The minimum atomic E-state index is -0.433. The minimum Gasteiger partial charge on any atom is -0.461 e. The summed E-state index contributed by atoms with van der Waals surface area (Å²) in [5.41, 5.74) is 4.59. The number of esters is 1. The van der Waals surface area contributed by atoms with Crippen molar-refractivity contribution in [3.8, 4) is 0 Å². The van der Waals surface area contributed by atoms with Gasteiger partial charge in [-0.3, -0.25) is 4.79 Å². The summed E-state index contributed by atoms with van der Waals surface area (Å²) in [6.07, 6.45) is 0.770. The van der Waals surface area contributed by atoms with Gasteiger partial charge < -0.3 is 15.0 Å². The molecule has 0 aliphatic heterocycles. The first-order valence-corrected chi connectivity index (χ1v) is 8.14. The van der Waals surface area contributed by atoms with E-state index in [2.05, 4.69) is 29.4 Å². The average molecular weight is 328 g/mol. The van der Waals surface area contributed by atoms with Crippen LogP contribution >= 0.6 is 0 Å². The van der Waals surface area contributed by atoms with Gasteiger partial charge >= 0.3 is 5.97 Å². The fraction of sp³-hybridized carbons (Fsp3) is 0.368. The quantitative estimate of drug-likeness (QED) is 0.801. The largest absolute Gasteiger partial charge is 0.461 e. The van der Waals surface area contributed by atoms with E-state index < -0.39 is 5.97 Å². The van der Waals surface area contributed by atoms with Crippen LogP contribution in [0.2, 0.25) is 0 Å². The number of carbonyl (C=O) groups is 2. The molecule has 0 aliphatic rings. The number of aromatic amines is 1. The Morgan fingerprint density at radius 1 is 1.17 bits per heavy atom. The SMILES string of the molecule is CCOC(=O)c1[nH]c(C)c(C(=O)NCCc2ccccc2C)c1C. The maximum atomic E-state index is 12.5. The zero-order chi connectivity index (χ0) is 17.7. The lowest BCUT2D eigenvalue weighted by Crippen LogP contribution is -2.26. The van der Waals surface area contributed by atoms with Gasteiger partial charge in [-0.05, 0) is 50.8 Å². The summed E-state index contributed by atoms with van der Waals surface area (Å²) in [5, 5.41) is 2.93. The van der Waals surface area contributed by atoms with E-state index in [9.17, 15) is 9.59 Å². The fourth-order valence-corrected chi connectivity index (χ4v) is 2.79. The van der Waals surface area contributed by atoms with E-state index >= 15 is 0 Å². The first kappa shape index (κ1) is 17.8. The Kier molecular flexibility index (Phi) is 5.79. The van der Waals surface area contributed by atoms with Gasteiger partial charge in [0.1, 0.15) is 5.69 Å². The summed E-state index contributed by atoms with van der Waals surface area (Å²) in [4.78, 5) is 27.3. The highest BCUT2D eigenvalue weighted by Crippen LogP contribution is 2.18. The molecule has 0 saturated carbocycles. The van der Waals surface area contributed by atoms with Crippen molar-refractivity contribution >= 4 is 11.9 Å². The molecule has 0 aliphatic carbocycles. The number of carbonyl (C=O) groups excluding carboxylic acids is 2. The van der Waals surface area contributed by atoms with Gasteiger partial charge in [-0.2, -0.15) is 0 Å².